The molecule has 0 amide bonds. The normalized spacial score (nSPS) is 11.7. The molecule has 0 radical (unpaired) electrons. The molecular formula is C9H8N2O3. The average Bonchev–Trinajstić information content (AvgIpc) is 2.17. The molecule has 1 rings (SSSR count). The molecule has 0 spiro atoms. The van der Waals surface area contributed by atoms with Gasteiger partial charge in [-0.1, -0.05) is 12.1 Å². The molecule has 0 saturated heterocycles. The third-order valence-corrected chi connectivity index (χ3v) is 1.79. The number of nitrogens with two attached hydrogens (primary N) is 1. The number of phenolic OH excluding ortho intramolecular Hbond substituents is 1. The molecule has 1 aromatic carbocycles. The second-order valence-corrected chi connectivity index (χ2v) is 2.67. The lowest BCUT2D eigenvalue weighted by atomic mass is 10.0. The Bertz CT molecular complexity index is 409. The lowest BCUT2D eigenvalue weighted by molar-refractivity contribution is -0.138. The highest BCUT2D eigenvalue weighted by Gasteiger charge is 2.19. The lowest BCUT2D eigenvalue weighted by Crippen LogP contribution is -2.20. The molecule has 0 aliphatic carbocycles. The molecule has 4 N–H and O–H groups in total. The largest absolute Gasteiger partial charge is 0.506 e. The summed E-state index contributed by atoms with van der Waals surface area (Å²) in [6, 6.07) is 4.64. The molecule has 0 heterocycles. The SMILES string of the molecule is N#Cc1cccc([C@H](N)C(=O)O)c1O. The van der Waals surface area contributed by atoms with E-state index < -0.39 is 12.0 Å². The van der Waals surface area contributed by atoms with Gasteiger partial charge in [0.25, 0.3) is 0 Å². The highest BCUT2D eigenvalue weighted by atomic mass is 16.4. The second-order valence-electron chi connectivity index (χ2n) is 2.67. The molecule has 5 nitrogen and oxygen atoms in total. The topological polar surface area (TPSA) is 107 Å². The van der Waals surface area contributed by atoms with Gasteiger partial charge in [0.1, 0.15) is 17.9 Å². The molecule has 1 atom stereocenters. The molecule has 1 aromatic rings. The van der Waals surface area contributed by atoms with E-state index in [1.54, 1.807) is 6.07 Å². The van der Waals surface area contributed by atoms with Gasteiger partial charge in [-0.2, -0.15) is 5.26 Å². The minimum atomic E-state index is -1.32. The van der Waals surface area contributed by atoms with E-state index in [1.165, 1.54) is 18.2 Å². The maximum Gasteiger partial charge on any atom is 0.325 e. The summed E-state index contributed by atoms with van der Waals surface area (Å²) in [6.07, 6.45) is 0. The van der Waals surface area contributed by atoms with Gasteiger partial charge >= 0.3 is 5.97 Å². The summed E-state index contributed by atoms with van der Waals surface area (Å²) in [4.78, 5) is 10.5. The molecule has 0 unspecified atom stereocenters. The van der Waals surface area contributed by atoms with Gasteiger partial charge in [0.2, 0.25) is 0 Å². The van der Waals surface area contributed by atoms with Crippen LogP contribution in [0.2, 0.25) is 0 Å². The Morgan fingerprint density at radius 1 is 1.57 bits per heavy atom. The van der Waals surface area contributed by atoms with E-state index in [0.29, 0.717) is 0 Å². The zero-order chi connectivity index (χ0) is 10.7. The van der Waals surface area contributed by atoms with Crippen molar-refractivity contribution in [2.75, 3.05) is 0 Å². The van der Waals surface area contributed by atoms with E-state index >= 15 is 0 Å². The molecule has 0 aliphatic heterocycles. The predicted octanol–water partition coefficient (Wildman–Crippen LogP) is 0.348. The minimum absolute atomic E-state index is 0.0131. The van der Waals surface area contributed by atoms with Crippen molar-refractivity contribution in [1.29, 1.82) is 5.26 Å². The summed E-state index contributed by atoms with van der Waals surface area (Å²) in [5.41, 5.74) is 5.34. The second kappa shape index (κ2) is 3.77. The van der Waals surface area contributed by atoms with E-state index in [0.717, 1.165) is 0 Å². The number of aromatic hydroxyl groups is 1. The number of carbonyl (C=O) groups is 1. The van der Waals surface area contributed by atoms with Crippen LogP contribution in [0.1, 0.15) is 17.2 Å². The van der Waals surface area contributed by atoms with Gasteiger partial charge in [0.05, 0.1) is 5.56 Å². The number of phenols is 1. The third kappa shape index (κ3) is 1.65. The molecule has 72 valence electrons. The first kappa shape index (κ1) is 10.0. The average molecular weight is 192 g/mol. The van der Waals surface area contributed by atoms with Crippen molar-refractivity contribution in [3.8, 4) is 11.8 Å². The molecule has 0 aliphatic rings. The van der Waals surface area contributed by atoms with Gasteiger partial charge in [-0.25, -0.2) is 0 Å². The van der Waals surface area contributed by atoms with Crippen LogP contribution in [0.15, 0.2) is 18.2 Å². The summed E-state index contributed by atoms with van der Waals surface area (Å²) < 4.78 is 0. The quantitative estimate of drug-likeness (QED) is 0.626. The Morgan fingerprint density at radius 3 is 2.71 bits per heavy atom. The van der Waals surface area contributed by atoms with Crippen LogP contribution in [-0.2, 0) is 4.79 Å². The van der Waals surface area contributed by atoms with Gasteiger partial charge in [-0.3, -0.25) is 4.79 Å². The minimum Gasteiger partial charge on any atom is -0.506 e. The van der Waals surface area contributed by atoms with Gasteiger partial charge < -0.3 is 15.9 Å². The van der Waals surface area contributed by atoms with Crippen molar-refractivity contribution in [2.24, 2.45) is 5.73 Å². The highest BCUT2D eigenvalue weighted by molar-refractivity contribution is 5.76. The van der Waals surface area contributed by atoms with Gasteiger partial charge in [0, 0.05) is 5.56 Å². The Labute approximate surface area is 80.0 Å². The van der Waals surface area contributed by atoms with Gasteiger partial charge in [-0.05, 0) is 6.07 Å². The fourth-order valence-electron chi connectivity index (χ4n) is 1.04. The summed E-state index contributed by atoms with van der Waals surface area (Å²) in [7, 11) is 0. The van der Waals surface area contributed by atoms with Crippen molar-refractivity contribution in [3.63, 3.8) is 0 Å². The van der Waals surface area contributed by atoms with Crippen LogP contribution in [0, 0.1) is 11.3 Å². The van der Waals surface area contributed by atoms with Crippen molar-refractivity contribution >= 4 is 5.97 Å². The molecule has 14 heavy (non-hydrogen) atoms. The Hall–Kier alpha value is -2.06. The van der Waals surface area contributed by atoms with Gasteiger partial charge in [-0.15, -0.1) is 0 Å². The van der Waals surface area contributed by atoms with Gasteiger partial charge in [0.15, 0.2) is 0 Å². The van der Waals surface area contributed by atoms with Crippen LogP contribution >= 0.6 is 0 Å². The van der Waals surface area contributed by atoms with E-state index in [1.807, 2.05) is 0 Å². The van der Waals surface area contributed by atoms with Crippen molar-refractivity contribution < 1.29 is 15.0 Å². The number of hydrogen-bond donors (Lipinski definition) is 3. The van der Waals surface area contributed by atoms with Crippen LogP contribution in [0.25, 0.3) is 0 Å². The molecule has 0 fully saturated rings. The number of carboxylic acid groups (broad SMARTS) is 1. The molecule has 0 saturated carbocycles. The van der Waals surface area contributed by atoms with E-state index in [-0.39, 0.29) is 16.9 Å². The maximum absolute atomic E-state index is 10.5. The number of rotatable bonds is 2. The first-order chi connectivity index (χ1) is 6.57. The lowest BCUT2D eigenvalue weighted by Gasteiger charge is -2.09. The number of para-hydroxylation sites is 1. The summed E-state index contributed by atoms with van der Waals surface area (Å²) in [5.74, 6) is -1.62. The molecule has 0 bridgehead atoms. The molecular weight excluding hydrogens is 184 g/mol. The first-order valence-corrected chi connectivity index (χ1v) is 3.78. The zero-order valence-corrected chi connectivity index (χ0v) is 7.14. The van der Waals surface area contributed by atoms with Crippen LogP contribution in [0.3, 0.4) is 0 Å². The van der Waals surface area contributed by atoms with Crippen LogP contribution in [0.4, 0.5) is 0 Å². The van der Waals surface area contributed by atoms with E-state index in [4.69, 9.17) is 16.1 Å². The highest BCUT2D eigenvalue weighted by Crippen LogP contribution is 2.26. The zero-order valence-electron chi connectivity index (χ0n) is 7.14. The number of nitriles is 1. The monoisotopic (exact) mass is 192 g/mol. The fraction of sp³-hybridized carbons (Fsp3) is 0.111. The van der Waals surface area contributed by atoms with Crippen LogP contribution in [0.5, 0.6) is 5.75 Å². The number of hydrogen-bond acceptors (Lipinski definition) is 4. The number of nitrogens with zero attached hydrogens (tertiary/aromatic N) is 1. The summed E-state index contributed by atoms with van der Waals surface area (Å²) in [6.45, 7) is 0. The van der Waals surface area contributed by atoms with Crippen molar-refractivity contribution in [3.05, 3.63) is 29.3 Å². The first-order valence-electron chi connectivity index (χ1n) is 3.78. The van der Waals surface area contributed by atoms with Crippen molar-refractivity contribution in [2.45, 2.75) is 6.04 Å². The number of carboxylic acids is 1. The summed E-state index contributed by atoms with van der Waals surface area (Å²) in [5, 5.41) is 26.6. The Morgan fingerprint density at radius 2 is 2.21 bits per heavy atom. The van der Waals surface area contributed by atoms with E-state index in [9.17, 15) is 9.90 Å². The third-order valence-electron chi connectivity index (χ3n) is 1.79. The van der Waals surface area contributed by atoms with Crippen LogP contribution in [-0.4, -0.2) is 16.2 Å². The fourth-order valence-corrected chi connectivity index (χ4v) is 1.04. The number of aliphatic carboxylic acids is 1. The smallest absolute Gasteiger partial charge is 0.325 e. The maximum atomic E-state index is 10.5. The van der Waals surface area contributed by atoms with Crippen molar-refractivity contribution in [1.82, 2.24) is 0 Å². The Balaban J connectivity index is 3.24. The standard InChI is InChI=1S/C9H8N2O3/c10-4-5-2-1-3-6(8(5)12)7(11)9(13)14/h1-3,7,12H,11H2,(H,13,14)/t7-/m0/s1. The predicted molar refractivity (Wildman–Crippen MR) is 47.4 cm³/mol. The molecule has 0 aromatic heterocycles. The van der Waals surface area contributed by atoms with E-state index in [2.05, 4.69) is 0 Å². The number of benzene rings is 1. The summed E-state index contributed by atoms with van der Waals surface area (Å²) >= 11 is 0. The Kier molecular flexibility index (Phi) is 2.70. The van der Waals surface area contributed by atoms with Crippen LogP contribution < -0.4 is 5.73 Å². The molecule has 5 heteroatoms.